The van der Waals surface area contributed by atoms with Gasteiger partial charge in [-0.3, -0.25) is 0 Å². The summed E-state index contributed by atoms with van der Waals surface area (Å²) in [5.41, 5.74) is 7.09. The number of phenolic OH excluding ortho intramolecular Hbond substituents is 1. The van der Waals surface area contributed by atoms with Gasteiger partial charge in [0.1, 0.15) is 5.75 Å². The van der Waals surface area contributed by atoms with Crippen molar-refractivity contribution in [3.63, 3.8) is 0 Å². The Bertz CT molecular complexity index is 1190. The van der Waals surface area contributed by atoms with Gasteiger partial charge in [-0.1, -0.05) is 113 Å². The summed E-state index contributed by atoms with van der Waals surface area (Å²) in [6.45, 7) is 10.4. The molecule has 4 aromatic carbocycles. The zero-order valence-electron chi connectivity index (χ0n) is 20.5. The number of rotatable bonds is 8. The van der Waals surface area contributed by atoms with E-state index in [-0.39, 0.29) is 5.16 Å². The third-order valence-corrected chi connectivity index (χ3v) is 8.17. The number of aromatic hydroxyl groups is 1. The van der Waals surface area contributed by atoms with E-state index in [2.05, 4.69) is 111 Å². The van der Waals surface area contributed by atoms with Crippen molar-refractivity contribution in [1.29, 1.82) is 0 Å². The van der Waals surface area contributed by atoms with Gasteiger partial charge in [-0.2, -0.15) is 0 Å². The van der Waals surface area contributed by atoms with Crippen molar-refractivity contribution in [1.82, 2.24) is 0 Å². The highest BCUT2D eigenvalue weighted by atomic mass is 31.1. The van der Waals surface area contributed by atoms with Gasteiger partial charge >= 0.3 is 0 Å². The van der Waals surface area contributed by atoms with Gasteiger partial charge < -0.3 is 10.0 Å². The highest BCUT2D eigenvalue weighted by Gasteiger charge is 2.28. The minimum Gasteiger partial charge on any atom is -0.507 e. The number of phenols is 1. The van der Waals surface area contributed by atoms with Gasteiger partial charge in [0.25, 0.3) is 0 Å². The fourth-order valence-electron chi connectivity index (χ4n) is 4.46. The summed E-state index contributed by atoms with van der Waals surface area (Å²) in [6.07, 6.45) is 0. The van der Waals surface area contributed by atoms with Gasteiger partial charge in [0.15, 0.2) is 0 Å². The maximum Gasteiger partial charge on any atom is 0.122 e. The minimum absolute atomic E-state index is 0.192. The monoisotopic (exact) mass is 467 g/mol. The average molecular weight is 468 g/mol. The molecule has 3 heteroatoms. The van der Waals surface area contributed by atoms with Crippen LogP contribution in [0.5, 0.6) is 5.75 Å². The zero-order chi connectivity index (χ0) is 24.1. The number of nitrogens with zero attached hydrogens (tertiary/aromatic N) is 1. The van der Waals surface area contributed by atoms with Crippen molar-refractivity contribution in [2.75, 3.05) is 4.90 Å². The van der Waals surface area contributed by atoms with Crippen LogP contribution in [0.4, 0.5) is 5.69 Å². The summed E-state index contributed by atoms with van der Waals surface area (Å²) in [5.74, 6) is 0.417. The Morgan fingerprint density at radius 1 is 0.676 bits per heavy atom. The lowest BCUT2D eigenvalue weighted by molar-refractivity contribution is 0.457. The fraction of sp³-hybridized carbons (Fsp3) is 0.226. The van der Waals surface area contributed by atoms with Crippen LogP contribution >= 0.6 is 8.58 Å². The van der Waals surface area contributed by atoms with E-state index >= 15 is 0 Å². The predicted molar refractivity (Wildman–Crippen MR) is 148 cm³/mol. The fourth-order valence-corrected chi connectivity index (χ4v) is 6.07. The third kappa shape index (κ3) is 5.51. The molecule has 0 amide bonds. The highest BCUT2D eigenvalue weighted by molar-refractivity contribution is 7.49. The summed E-state index contributed by atoms with van der Waals surface area (Å²) in [6, 6.07) is 34.1. The lowest BCUT2D eigenvalue weighted by Crippen LogP contribution is -2.28. The average Bonchev–Trinajstić information content (AvgIpc) is 2.83. The van der Waals surface area contributed by atoms with Crippen LogP contribution in [0.1, 0.15) is 41.7 Å². The molecule has 0 aliphatic heterocycles. The van der Waals surface area contributed by atoms with E-state index in [1.807, 2.05) is 19.1 Å². The zero-order valence-corrected chi connectivity index (χ0v) is 21.5. The molecule has 0 bridgehead atoms. The summed E-state index contributed by atoms with van der Waals surface area (Å²) in [5, 5.41) is 12.0. The molecule has 0 aromatic heterocycles. The second kappa shape index (κ2) is 10.5. The second-order valence-electron chi connectivity index (χ2n) is 9.52. The molecule has 1 N–H and O–H groups in total. The SMILES string of the molecule is Cc1cccc(C(C)(C)Pc2c(C)cccc2N(Cc2ccccc2)Cc2ccccc2)c1O. The maximum atomic E-state index is 10.8. The normalized spacial score (nSPS) is 11.8. The number of hydrogen-bond donors (Lipinski definition) is 1. The first-order chi connectivity index (χ1) is 16.3. The number of para-hydroxylation sites is 1. The first kappa shape index (κ1) is 24.0. The smallest absolute Gasteiger partial charge is 0.122 e. The quantitative estimate of drug-likeness (QED) is 0.272. The molecule has 34 heavy (non-hydrogen) atoms. The summed E-state index contributed by atoms with van der Waals surface area (Å²) in [7, 11) is 0.512. The van der Waals surface area contributed by atoms with Crippen molar-refractivity contribution in [3.8, 4) is 5.75 Å². The Kier molecular flexibility index (Phi) is 7.39. The van der Waals surface area contributed by atoms with Crippen molar-refractivity contribution >= 4 is 19.6 Å². The summed E-state index contributed by atoms with van der Waals surface area (Å²) >= 11 is 0. The highest BCUT2D eigenvalue weighted by Crippen LogP contribution is 2.46. The van der Waals surface area contributed by atoms with E-state index in [9.17, 15) is 5.11 Å². The molecule has 0 saturated heterocycles. The molecule has 2 nitrogen and oxygen atoms in total. The van der Waals surface area contributed by atoms with E-state index in [1.165, 1.54) is 27.7 Å². The molecule has 4 rings (SSSR count). The minimum atomic E-state index is -0.192. The third-order valence-electron chi connectivity index (χ3n) is 6.37. The van der Waals surface area contributed by atoms with Gasteiger partial charge in [0.05, 0.1) is 0 Å². The van der Waals surface area contributed by atoms with Gasteiger partial charge in [0.2, 0.25) is 0 Å². The topological polar surface area (TPSA) is 23.5 Å². The molecular weight excluding hydrogens is 433 g/mol. The predicted octanol–water partition coefficient (Wildman–Crippen LogP) is 7.45. The van der Waals surface area contributed by atoms with Crippen LogP contribution in [0.15, 0.2) is 97.1 Å². The van der Waals surface area contributed by atoms with Crippen molar-refractivity contribution in [3.05, 3.63) is 125 Å². The van der Waals surface area contributed by atoms with Crippen LogP contribution in [0.25, 0.3) is 0 Å². The first-order valence-electron chi connectivity index (χ1n) is 11.8. The molecule has 0 fully saturated rings. The van der Waals surface area contributed by atoms with Crippen molar-refractivity contribution in [2.24, 2.45) is 0 Å². The standard InChI is InChI=1S/C31H34NOP/c1-23-13-11-19-27(29(23)33)31(3,4)34-30-24(2)14-12-20-28(30)32(21-25-15-7-5-8-16-25)22-26-17-9-6-10-18-26/h5-20,33-34H,21-22H2,1-4H3. The van der Waals surface area contributed by atoms with Crippen LogP contribution in [0, 0.1) is 13.8 Å². The van der Waals surface area contributed by atoms with E-state index < -0.39 is 0 Å². The second-order valence-corrected chi connectivity index (χ2v) is 11.5. The molecular formula is C31H34NOP. The number of anilines is 1. The van der Waals surface area contributed by atoms with Crippen LogP contribution in [0.2, 0.25) is 0 Å². The van der Waals surface area contributed by atoms with Crippen LogP contribution in [-0.4, -0.2) is 5.11 Å². The summed E-state index contributed by atoms with van der Waals surface area (Å²) in [4.78, 5) is 2.49. The lowest BCUT2D eigenvalue weighted by Gasteiger charge is -2.33. The number of aryl methyl sites for hydroxylation is 2. The van der Waals surface area contributed by atoms with E-state index in [1.54, 1.807) is 0 Å². The van der Waals surface area contributed by atoms with Crippen molar-refractivity contribution < 1.29 is 5.11 Å². The Balaban J connectivity index is 1.75. The number of hydrogen-bond acceptors (Lipinski definition) is 2. The largest absolute Gasteiger partial charge is 0.507 e. The Morgan fingerprint density at radius 3 is 1.79 bits per heavy atom. The molecule has 174 valence electrons. The molecule has 0 saturated carbocycles. The van der Waals surface area contributed by atoms with Crippen LogP contribution in [-0.2, 0) is 18.2 Å². The van der Waals surface area contributed by atoms with Gasteiger partial charge in [-0.25, -0.2) is 0 Å². The molecule has 4 aromatic rings. The maximum absolute atomic E-state index is 10.8. The van der Waals surface area contributed by atoms with Crippen LogP contribution < -0.4 is 10.2 Å². The van der Waals surface area contributed by atoms with E-state index in [4.69, 9.17) is 0 Å². The van der Waals surface area contributed by atoms with Gasteiger partial charge in [-0.05, 0) is 47.5 Å². The first-order valence-corrected chi connectivity index (χ1v) is 12.8. The molecule has 0 aliphatic rings. The molecule has 0 radical (unpaired) electrons. The molecule has 0 heterocycles. The van der Waals surface area contributed by atoms with Gasteiger partial charge in [-0.15, -0.1) is 0 Å². The van der Waals surface area contributed by atoms with Crippen molar-refractivity contribution in [2.45, 2.75) is 45.9 Å². The Labute approximate surface area is 206 Å². The van der Waals surface area contributed by atoms with E-state index in [0.29, 0.717) is 14.3 Å². The Morgan fingerprint density at radius 2 is 1.21 bits per heavy atom. The Hall–Kier alpha value is -3.09. The van der Waals surface area contributed by atoms with E-state index in [0.717, 1.165) is 24.2 Å². The molecule has 1 unspecified atom stereocenters. The molecule has 0 aliphatic carbocycles. The molecule has 1 atom stereocenters. The van der Waals surface area contributed by atoms with Crippen LogP contribution in [0.3, 0.4) is 0 Å². The van der Waals surface area contributed by atoms with Gasteiger partial charge in [0, 0.05) is 29.5 Å². The number of benzene rings is 4. The molecule has 0 spiro atoms. The lowest BCUT2D eigenvalue weighted by atomic mass is 9.99. The summed E-state index contributed by atoms with van der Waals surface area (Å²) < 4.78 is 0.